The smallest absolute Gasteiger partial charge is 0.475 e. The number of ether oxygens (including phenoxy) is 1. The van der Waals surface area contributed by atoms with Crippen molar-refractivity contribution in [3.8, 4) is 5.69 Å². The molecular formula is C37H48F7N5O5. The summed E-state index contributed by atoms with van der Waals surface area (Å²) in [4.78, 5) is 41.5. The lowest BCUT2D eigenvalue weighted by Gasteiger charge is -2.52. The van der Waals surface area contributed by atoms with Crippen molar-refractivity contribution in [2.75, 3.05) is 39.3 Å². The summed E-state index contributed by atoms with van der Waals surface area (Å²) >= 11 is 0. The second-order valence-electron chi connectivity index (χ2n) is 14.8. The van der Waals surface area contributed by atoms with Gasteiger partial charge in [-0.25, -0.2) is 18.7 Å². The standard InChI is InChI=1S/C35H47F4N5O3.C2HF3O2/c1-2-3-9-26-24-43(23-25-7-5-4-6-8-25)33(46)47-34(26)16-20-41(21-17-34)28-14-18-42(19-15-28)32(45)30-22-40-44(31(30)35(37,38)39)29-12-10-27(36)11-13-29;3-2(4,5)1(6)7/h10-13,22,25-26,28H,2-9,14-21,23-24H2,1H3;(H,6,7). The van der Waals surface area contributed by atoms with E-state index in [2.05, 4.69) is 16.9 Å². The Morgan fingerprint density at radius 1 is 0.944 bits per heavy atom. The van der Waals surface area contributed by atoms with Crippen molar-refractivity contribution in [1.82, 2.24) is 24.5 Å². The number of alkyl halides is 6. The number of carboxylic acids is 1. The molecule has 1 N–H and O–H groups in total. The minimum Gasteiger partial charge on any atom is -0.475 e. The fraction of sp³-hybridized carbons (Fsp3) is 0.676. The summed E-state index contributed by atoms with van der Waals surface area (Å²) in [6.45, 7) is 6.04. The molecule has 1 atom stereocenters. The SMILES string of the molecule is CCCCC1CN(CC2CCCCC2)C(=O)OC12CCN(C1CCN(C(=O)c3cnn(-c4ccc(F)cc4)c3C(F)(F)F)CC1)CC2.O=C(O)C(F)(F)F. The van der Waals surface area contributed by atoms with E-state index in [4.69, 9.17) is 14.6 Å². The van der Waals surface area contributed by atoms with Gasteiger partial charge in [0.15, 0.2) is 5.69 Å². The summed E-state index contributed by atoms with van der Waals surface area (Å²) in [6.07, 6.45) is 3.17. The number of unbranched alkanes of at least 4 members (excludes halogenated alkanes) is 1. The molecule has 3 aliphatic heterocycles. The second kappa shape index (κ2) is 17.3. The Morgan fingerprint density at radius 3 is 2.11 bits per heavy atom. The first-order valence-electron chi connectivity index (χ1n) is 18.7. The van der Waals surface area contributed by atoms with E-state index >= 15 is 0 Å². The van der Waals surface area contributed by atoms with E-state index in [-0.39, 0.29) is 17.8 Å². The highest BCUT2D eigenvalue weighted by Gasteiger charge is 2.50. The van der Waals surface area contributed by atoms with Crippen molar-refractivity contribution in [2.24, 2.45) is 11.8 Å². The third-order valence-electron chi connectivity index (χ3n) is 11.3. The second-order valence-corrected chi connectivity index (χ2v) is 14.8. The Labute approximate surface area is 309 Å². The van der Waals surface area contributed by atoms with Crippen LogP contribution in [0.25, 0.3) is 5.69 Å². The number of aromatic nitrogens is 2. The normalized spacial score (nSPS) is 21.8. The largest absolute Gasteiger partial charge is 0.490 e. The molecule has 4 aliphatic rings. The Kier molecular flexibility index (Phi) is 13.2. The van der Waals surface area contributed by atoms with Gasteiger partial charge >= 0.3 is 24.4 Å². The molecule has 1 aromatic heterocycles. The maximum Gasteiger partial charge on any atom is 0.490 e. The molecule has 300 valence electrons. The number of rotatable bonds is 8. The van der Waals surface area contributed by atoms with Gasteiger partial charge in [-0.3, -0.25) is 9.69 Å². The van der Waals surface area contributed by atoms with Gasteiger partial charge in [0, 0.05) is 64.1 Å². The minimum absolute atomic E-state index is 0.0249. The van der Waals surface area contributed by atoms with Crippen molar-refractivity contribution >= 4 is 18.0 Å². The number of aliphatic carboxylic acids is 1. The van der Waals surface area contributed by atoms with Gasteiger partial charge in [0.05, 0.1) is 17.4 Å². The van der Waals surface area contributed by atoms with Crippen molar-refractivity contribution < 1.29 is 55.0 Å². The summed E-state index contributed by atoms with van der Waals surface area (Å²) in [7, 11) is 0. The van der Waals surface area contributed by atoms with E-state index in [1.165, 1.54) is 49.1 Å². The fourth-order valence-electron chi connectivity index (χ4n) is 8.40. The molecule has 2 amide bonds. The van der Waals surface area contributed by atoms with Gasteiger partial charge in [0.25, 0.3) is 5.91 Å². The number of halogens is 7. The summed E-state index contributed by atoms with van der Waals surface area (Å²) in [6, 6.07) is 4.73. The highest BCUT2D eigenvalue weighted by molar-refractivity contribution is 5.95. The van der Waals surface area contributed by atoms with E-state index < -0.39 is 46.9 Å². The first kappa shape index (κ1) is 41.3. The number of hydrogen-bond donors (Lipinski definition) is 1. The van der Waals surface area contributed by atoms with Crippen LogP contribution in [0.5, 0.6) is 0 Å². The van der Waals surface area contributed by atoms with Crippen LogP contribution >= 0.6 is 0 Å². The first-order valence-corrected chi connectivity index (χ1v) is 18.7. The van der Waals surface area contributed by atoms with E-state index in [1.54, 1.807) is 0 Å². The van der Waals surface area contributed by atoms with Crippen LogP contribution in [0.1, 0.15) is 100 Å². The minimum atomic E-state index is -5.08. The van der Waals surface area contributed by atoms with E-state index in [9.17, 15) is 40.3 Å². The average Bonchev–Trinajstić information content (AvgIpc) is 3.59. The zero-order valence-electron chi connectivity index (χ0n) is 30.3. The summed E-state index contributed by atoms with van der Waals surface area (Å²) in [5.74, 6) is -3.16. The van der Waals surface area contributed by atoms with Crippen molar-refractivity contribution in [3.05, 3.63) is 47.5 Å². The van der Waals surface area contributed by atoms with Crippen LogP contribution in [0.15, 0.2) is 30.5 Å². The van der Waals surface area contributed by atoms with Crippen LogP contribution in [-0.2, 0) is 15.7 Å². The molecule has 54 heavy (non-hydrogen) atoms. The lowest BCUT2D eigenvalue weighted by molar-refractivity contribution is -0.192. The van der Waals surface area contributed by atoms with Crippen LogP contribution in [-0.4, -0.2) is 105 Å². The zero-order chi connectivity index (χ0) is 39.3. The number of piperidine rings is 2. The number of amides is 2. The molecule has 6 rings (SSSR count). The molecular weight excluding hydrogens is 727 g/mol. The lowest BCUT2D eigenvalue weighted by Crippen LogP contribution is -2.61. The maximum atomic E-state index is 14.2. The van der Waals surface area contributed by atoms with Crippen LogP contribution in [0, 0.1) is 17.7 Å². The van der Waals surface area contributed by atoms with Gasteiger partial charge < -0.3 is 19.6 Å². The highest BCUT2D eigenvalue weighted by atomic mass is 19.4. The van der Waals surface area contributed by atoms with Gasteiger partial charge in [0.2, 0.25) is 0 Å². The van der Waals surface area contributed by atoms with Crippen molar-refractivity contribution in [3.63, 3.8) is 0 Å². The molecule has 1 saturated carbocycles. The number of carbonyl (C=O) groups is 3. The van der Waals surface area contributed by atoms with E-state index in [0.29, 0.717) is 42.4 Å². The topological polar surface area (TPSA) is 108 Å². The Hall–Kier alpha value is -3.89. The summed E-state index contributed by atoms with van der Waals surface area (Å²) in [5.41, 5.74) is -2.08. The van der Waals surface area contributed by atoms with Crippen LogP contribution in [0.3, 0.4) is 0 Å². The molecule has 1 spiro atoms. The fourth-order valence-corrected chi connectivity index (χ4v) is 8.40. The number of likely N-dealkylation sites (tertiary alicyclic amines) is 2. The van der Waals surface area contributed by atoms with Gasteiger partial charge in [-0.2, -0.15) is 31.4 Å². The number of carboxylic acid groups (broad SMARTS) is 1. The quantitative estimate of drug-likeness (QED) is 0.272. The first-order chi connectivity index (χ1) is 25.5. The van der Waals surface area contributed by atoms with Crippen molar-refractivity contribution in [1.29, 1.82) is 0 Å². The molecule has 4 heterocycles. The molecule has 2 aromatic rings. The third-order valence-corrected chi connectivity index (χ3v) is 11.3. The molecule has 10 nitrogen and oxygen atoms in total. The summed E-state index contributed by atoms with van der Waals surface area (Å²) in [5, 5.41) is 11.0. The predicted octanol–water partition coefficient (Wildman–Crippen LogP) is 7.94. The monoisotopic (exact) mass is 775 g/mol. The van der Waals surface area contributed by atoms with Crippen LogP contribution < -0.4 is 0 Å². The molecule has 0 radical (unpaired) electrons. The molecule has 4 fully saturated rings. The number of benzene rings is 1. The number of nitrogens with zero attached hydrogens (tertiary/aromatic N) is 5. The third kappa shape index (κ3) is 9.85. The average molecular weight is 776 g/mol. The molecule has 1 aliphatic carbocycles. The zero-order valence-corrected chi connectivity index (χ0v) is 30.3. The predicted molar refractivity (Wildman–Crippen MR) is 182 cm³/mol. The molecule has 17 heteroatoms. The Bertz CT molecular complexity index is 1580. The lowest BCUT2D eigenvalue weighted by atomic mass is 9.75. The van der Waals surface area contributed by atoms with Gasteiger partial charge in [-0.15, -0.1) is 0 Å². The number of hydrogen-bond acceptors (Lipinski definition) is 6. The number of carbonyl (C=O) groups excluding carboxylic acids is 2. The van der Waals surface area contributed by atoms with Crippen LogP contribution in [0.2, 0.25) is 0 Å². The summed E-state index contributed by atoms with van der Waals surface area (Å²) < 4.78 is 94.7. The van der Waals surface area contributed by atoms with Crippen molar-refractivity contribution in [2.45, 2.75) is 108 Å². The maximum absolute atomic E-state index is 14.2. The molecule has 0 bridgehead atoms. The van der Waals surface area contributed by atoms with Crippen LogP contribution in [0.4, 0.5) is 35.5 Å². The van der Waals surface area contributed by atoms with E-state index in [0.717, 1.165) is 76.6 Å². The Balaban J connectivity index is 0.000000730. The van der Waals surface area contributed by atoms with E-state index in [1.807, 2.05) is 4.90 Å². The molecule has 3 saturated heterocycles. The van der Waals surface area contributed by atoms with Gasteiger partial charge in [0.1, 0.15) is 11.4 Å². The molecule has 1 unspecified atom stereocenters. The Morgan fingerprint density at radius 2 is 1.56 bits per heavy atom. The van der Waals surface area contributed by atoms with Gasteiger partial charge in [-0.05, 0) is 62.3 Å². The molecule has 1 aromatic carbocycles. The highest BCUT2D eigenvalue weighted by Crippen LogP contribution is 2.42. The van der Waals surface area contributed by atoms with Gasteiger partial charge in [-0.1, -0.05) is 39.0 Å².